The van der Waals surface area contributed by atoms with Crippen molar-refractivity contribution in [2.45, 2.75) is 40.0 Å². The smallest absolute Gasteiger partial charge is 0.295 e. The first kappa shape index (κ1) is 31.5. The van der Waals surface area contributed by atoms with Crippen molar-refractivity contribution < 1.29 is 24.2 Å². The van der Waals surface area contributed by atoms with Crippen molar-refractivity contribution in [3.05, 3.63) is 137 Å². The molecule has 1 aliphatic heterocycles. The van der Waals surface area contributed by atoms with Gasteiger partial charge in [-0.15, -0.1) is 0 Å². The highest BCUT2D eigenvalue weighted by Crippen LogP contribution is 2.40. The molecular weight excluding hydrogens is 564 g/mol. The summed E-state index contributed by atoms with van der Waals surface area (Å²) in [6.45, 7) is 9.63. The number of ketones is 1. The number of aliphatic hydroxyl groups is 1. The number of nitrogens with zero attached hydrogens (tertiary/aromatic N) is 2. The number of rotatable bonds is 13. The summed E-state index contributed by atoms with van der Waals surface area (Å²) in [6, 6.07) is 31.6. The highest BCUT2D eigenvalue weighted by atomic mass is 16.5. The van der Waals surface area contributed by atoms with E-state index in [2.05, 4.69) is 24.8 Å². The fourth-order valence-electron chi connectivity index (χ4n) is 5.57. The van der Waals surface area contributed by atoms with Crippen LogP contribution in [-0.2, 0) is 22.8 Å². The third-order valence-corrected chi connectivity index (χ3v) is 8.15. The van der Waals surface area contributed by atoms with Gasteiger partial charge in [0, 0.05) is 18.7 Å². The molecule has 5 rings (SSSR count). The molecular formula is C38H40N2O5. The Morgan fingerprint density at radius 1 is 0.778 bits per heavy atom. The maximum atomic E-state index is 13.5. The van der Waals surface area contributed by atoms with Gasteiger partial charge < -0.3 is 24.4 Å². The highest BCUT2D eigenvalue weighted by Gasteiger charge is 2.46. The largest absolute Gasteiger partial charge is 0.507 e. The van der Waals surface area contributed by atoms with Crippen molar-refractivity contribution in [2.24, 2.45) is 0 Å². The predicted molar refractivity (Wildman–Crippen MR) is 176 cm³/mol. The highest BCUT2D eigenvalue weighted by molar-refractivity contribution is 6.46. The number of Topliss-reactive ketones (excluding diaryl/α,β-unsaturated/α-hetero) is 1. The van der Waals surface area contributed by atoms with Crippen LogP contribution >= 0.6 is 0 Å². The lowest BCUT2D eigenvalue weighted by molar-refractivity contribution is -0.140. The molecule has 1 aliphatic rings. The van der Waals surface area contributed by atoms with E-state index in [0.29, 0.717) is 43.4 Å². The van der Waals surface area contributed by atoms with Crippen LogP contribution in [-0.4, -0.2) is 52.8 Å². The van der Waals surface area contributed by atoms with E-state index < -0.39 is 17.7 Å². The van der Waals surface area contributed by atoms with Crippen molar-refractivity contribution in [1.29, 1.82) is 0 Å². The van der Waals surface area contributed by atoms with Gasteiger partial charge in [-0.2, -0.15) is 0 Å². The van der Waals surface area contributed by atoms with Crippen LogP contribution in [0.4, 0.5) is 0 Å². The van der Waals surface area contributed by atoms with Gasteiger partial charge in [-0.3, -0.25) is 9.59 Å². The van der Waals surface area contributed by atoms with Gasteiger partial charge in [0.15, 0.2) is 0 Å². The van der Waals surface area contributed by atoms with Gasteiger partial charge in [0.1, 0.15) is 30.5 Å². The molecule has 7 heteroatoms. The molecule has 1 unspecified atom stereocenters. The number of amides is 1. The lowest BCUT2D eigenvalue weighted by Crippen LogP contribution is -2.38. The molecule has 0 bridgehead atoms. The molecule has 232 valence electrons. The molecule has 7 nitrogen and oxygen atoms in total. The van der Waals surface area contributed by atoms with Crippen molar-refractivity contribution in [2.75, 3.05) is 26.2 Å². The standard InChI is InChI=1S/C38H40N2O5/c1-4-39(5-2)22-23-40-35(30-14-18-32(19-15-30)44-25-28-11-7-6-8-12-28)34(37(42)38(40)43)36(41)31-16-20-33(21-17-31)45-26-29-13-9-10-27(3)24-29/h6-21,24,35,41H,4-5,22-23,25-26H2,1-3H3/b36-34+. The van der Waals surface area contributed by atoms with Crippen molar-refractivity contribution in [3.8, 4) is 11.5 Å². The average Bonchev–Trinajstić information content (AvgIpc) is 3.32. The zero-order chi connectivity index (χ0) is 31.8. The van der Waals surface area contributed by atoms with Gasteiger partial charge in [-0.05, 0) is 73.1 Å². The minimum Gasteiger partial charge on any atom is -0.507 e. The molecule has 1 saturated heterocycles. The normalized spacial score (nSPS) is 15.9. The molecule has 45 heavy (non-hydrogen) atoms. The number of hydrogen-bond acceptors (Lipinski definition) is 6. The van der Waals surface area contributed by atoms with Crippen molar-refractivity contribution >= 4 is 17.4 Å². The van der Waals surface area contributed by atoms with E-state index in [1.54, 1.807) is 29.2 Å². The van der Waals surface area contributed by atoms with Crippen LogP contribution in [0.2, 0.25) is 0 Å². The van der Waals surface area contributed by atoms with Crippen LogP contribution in [0.5, 0.6) is 11.5 Å². The number of aliphatic hydroxyl groups excluding tert-OH is 1. The van der Waals surface area contributed by atoms with Crippen LogP contribution in [0.15, 0.2) is 109 Å². The molecule has 4 aromatic carbocycles. The predicted octanol–water partition coefficient (Wildman–Crippen LogP) is 6.92. The third-order valence-electron chi connectivity index (χ3n) is 8.15. The third kappa shape index (κ3) is 7.62. The molecule has 1 fully saturated rings. The van der Waals surface area contributed by atoms with E-state index in [-0.39, 0.29) is 11.3 Å². The summed E-state index contributed by atoms with van der Waals surface area (Å²) in [4.78, 5) is 30.7. The fraction of sp³-hybridized carbons (Fsp3) is 0.263. The monoisotopic (exact) mass is 604 g/mol. The van der Waals surface area contributed by atoms with Crippen LogP contribution in [0, 0.1) is 6.92 Å². The number of ether oxygens (including phenoxy) is 2. The summed E-state index contributed by atoms with van der Waals surface area (Å²) < 4.78 is 11.9. The maximum Gasteiger partial charge on any atom is 0.295 e. The summed E-state index contributed by atoms with van der Waals surface area (Å²) in [6.07, 6.45) is 0. The van der Waals surface area contributed by atoms with Crippen LogP contribution in [0.25, 0.3) is 5.76 Å². The topological polar surface area (TPSA) is 79.3 Å². The molecule has 0 radical (unpaired) electrons. The number of aryl methyl sites for hydroxylation is 1. The van der Waals surface area contributed by atoms with Gasteiger partial charge in [-0.25, -0.2) is 0 Å². The first-order chi connectivity index (χ1) is 21.9. The summed E-state index contributed by atoms with van der Waals surface area (Å²) in [5, 5.41) is 11.5. The number of carbonyl (C=O) groups is 2. The van der Waals surface area contributed by atoms with Crippen LogP contribution in [0.1, 0.15) is 47.7 Å². The Balaban J connectivity index is 1.41. The molecule has 1 heterocycles. The van der Waals surface area contributed by atoms with Gasteiger partial charge >= 0.3 is 0 Å². The number of hydrogen-bond donors (Lipinski definition) is 1. The molecule has 1 N–H and O–H groups in total. The van der Waals surface area contributed by atoms with Crippen molar-refractivity contribution in [1.82, 2.24) is 9.80 Å². The van der Waals surface area contributed by atoms with Crippen LogP contribution < -0.4 is 9.47 Å². The Morgan fingerprint density at radius 3 is 2.00 bits per heavy atom. The molecule has 0 aliphatic carbocycles. The quantitative estimate of drug-likeness (QED) is 0.101. The zero-order valence-electron chi connectivity index (χ0n) is 26.1. The van der Waals surface area contributed by atoms with E-state index in [9.17, 15) is 14.7 Å². The number of likely N-dealkylation sites (N-methyl/N-ethyl adjacent to an activating group) is 1. The SMILES string of the molecule is CCN(CC)CCN1C(=O)C(=O)/C(=C(/O)c2ccc(OCc3cccc(C)c3)cc2)C1c1ccc(OCc2ccccc2)cc1. The minimum atomic E-state index is -0.735. The van der Waals surface area contributed by atoms with Crippen molar-refractivity contribution in [3.63, 3.8) is 0 Å². The van der Waals surface area contributed by atoms with Gasteiger partial charge in [0.2, 0.25) is 0 Å². The van der Waals surface area contributed by atoms with E-state index in [1.807, 2.05) is 79.7 Å². The summed E-state index contributed by atoms with van der Waals surface area (Å²) in [7, 11) is 0. The minimum absolute atomic E-state index is 0.0749. The Labute approximate surface area is 265 Å². The van der Waals surface area contributed by atoms with Gasteiger partial charge in [0.25, 0.3) is 11.7 Å². The number of benzene rings is 4. The number of carbonyl (C=O) groups excluding carboxylic acids is 2. The Hall–Kier alpha value is -4.88. The van der Waals surface area contributed by atoms with Gasteiger partial charge in [0.05, 0.1) is 11.6 Å². The lowest BCUT2D eigenvalue weighted by atomic mass is 9.95. The summed E-state index contributed by atoms with van der Waals surface area (Å²) in [5.41, 5.74) is 4.51. The first-order valence-corrected chi connectivity index (χ1v) is 15.4. The molecule has 4 aromatic rings. The van der Waals surface area contributed by atoms with Gasteiger partial charge in [-0.1, -0.05) is 86.1 Å². The van der Waals surface area contributed by atoms with E-state index >= 15 is 0 Å². The van der Waals surface area contributed by atoms with E-state index in [4.69, 9.17) is 9.47 Å². The Morgan fingerprint density at radius 2 is 1.38 bits per heavy atom. The summed E-state index contributed by atoms with van der Waals surface area (Å²) >= 11 is 0. The number of likely N-dealkylation sites (tertiary alicyclic amines) is 1. The Bertz CT molecular complexity index is 1630. The molecule has 0 saturated carbocycles. The van der Waals surface area contributed by atoms with Crippen LogP contribution in [0.3, 0.4) is 0 Å². The summed E-state index contributed by atoms with van der Waals surface area (Å²) in [5.74, 6) is -0.213. The molecule has 1 atom stereocenters. The second-order valence-electron chi connectivity index (χ2n) is 11.2. The fourth-order valence-corrected chi connectivity index (χ4v) is 5.57. The lowest BCUT2D eigenvalue weighted by Gasteiger charge is -2.28. The molecule has 1 amide bonds. The Kier molecular flexibility index (Phi) is 10.3. The molecule has 0 spiro atoms. The molecule has 0 aromatic heterocycles. The van der Waals surface area contributed by atoms with E-state index in [1.165, 1.54) is 0 Å². The zero-order valence-corrected chi connectivity index (χ0v) is 26.1. The average molecular weight is 605 g/mol. The second kappa shape index (κ2) is 14.7. The second-order valence-corrected chi connectivity index (χ2v) is 11.2. The maximum absolute atomic E-state index is 13.5. The first-order valence-electron chi connectivity index (χ1n) is 15.4. The van der Waals surface area contributed by atoms with E-state index in [0.717, 1.165) is 35.3 Å².